The Labute approximate surface area is 131 Å². The van der Waals surface area contributed by atoms with E-state index >= 15 is 0 Å². The molecule has 0 radical (unpaired) electrons. The monoisotopic (exact) mass is 322 g/mol. The van der Waals surface area contributed by atoms with Crippen molar-refractivity contribution < 1.29 is 0 Å². The number of aromatic amines is 1. The Kier molecular flexibility index (Phi) is 4.03. The zero-order valence-electron chi connectivity index (χ0n) is 11.7. The van der Waals surface area contributed by atoms with Crippen molar-refractivity contribution >= 4 is 39.9 Å². The van der Waals surface area contributed by atoms with Gasteiger partial charge in [0.25, 0.3) is 0 Å². The lowest BCUT2D eigenvalue weighted by atomic mass is 10.1. The van der Waals surface area contributed by atoms with Gasteiger partial charge in [-0.25, -0.2) is 9.97 Å². The Morgan fingerprint density at radius 2 is 2.19 bits per heavy atom. The fraction of sp³-hybridized carbons (Fsp3) is 0.385. The summed E-state index contributed by atoms with van der Waals surface area (Å²) < 4.78 is 0. The van der Waals surface area contributed by atoms with Gasteiger partial charge in [-0.15, -0.1) is 11.3 Å². The number of nitrogens with zero attached hydrogens (tertiary/aromatic N) is 4. The Morgan fingerprint density at radius 1 is 1.33 bits per heavy atom. The number of aromatic nitrogens is 5. The summed E-state index contributed by atoms with van der Waals surface area (Å²) in [6.45, 7) is 4.88. The van der Waals surface area contributed by atoms with Crippen LogP contribution in [-0.4, -0.2) is 24.9 Å². The van der Waals surface area contributed by atoms with Crippen LogP contribution in [-0.2, 0) is 13.0 Å². The van der Waals surface area contributed by atoms with Gasteiger partial charge in [0.05, 0.1) is 6.54 Å². The van der Waals surface area contributed by atoms with E-state index in [0.717, 1.165) is 17.3 Å². The number of anilines is 1. The minimum Gasteiger partial charge on any atom is -0.362 e. The summed E-state index contributed by atoms with van der Waals surface area (Å²) in [6, 6.07) is 0. The van der Waals surface area contributed by atoms with Crippen LogP contribution in [0.25, 0.3) is 11.2 Å². The van der Waals surface area contributed by atoms with Crippen molar-refractivity contribution in [3.05, 3.63) is 27.7 Å². The summed E-state index contributed by atoms with van der Waals surface area (Å²) in [5, 5.41) is 6.35. The first-order valence-corrected chi connectivity index (χ1v) is 7.92. The van der Waals surface area contributed by atoms with Gasteiger partial charge in [0.15, 0.2) is 17.0 Å². The van der Waals surface area contributed by atoms with Crippen molar-refractivity contribution in [2.24, 2.45) is 5.92 Å². The highest BCUT2D eigenvalue weighted by molar-refractivity contribution is 7.09. The topological polar surface area (TPSA) is 79.4 Å². The molecule has 0 saturated carbocycles. The number of nitrogens with one attached hydrogen (secondary N) is 2. The summed E-state index contributed by atoms with van der Waals surface area (Å²) in [4.78, 5) is 20.4. The predicted molar refractivity (Wildman–Crippen MR) is 84.7 cm³/mol. The van der Waals surface area contributed by atoms with Gasteiger partial charge in [-0.2, -0.15) is 9.97 Å². The molecular weight excluding hydrogens is 308 g/mol. The Bertz CT molecular complexity index is 737. The number of thiazole rings is 1. The van der Waals surface area contributed by atoms with E-state index in [9.17, 15) is 0 Å². The van der Waals surface area contributed by atoms with Crippen molar-refractivity contribution in [2.75, 3.05) is 5.32 Å². The molecule has 0 spiro atoms. The standard InChI is InChI=1S/C13H15ClN6S/c1-7(2)5-8-17-10-11(16-6-9-15-3-4-21-9)19-13(14)20-12(10)18-8/h3-4,7H,5-6H2,1-2H3,(H2,16,17,18,19,20). The number of hydrogen-bond acceptors (Lipinski definition) is 6. The second-order valence-corrected chi connectivity index (χ2v) is 6.42. The predicted octanol–water partition coefficient (Wildman–Crippen LogP) is 3.27. The van der Waals surface area contributed by atoms with Crippen molar-refractivity contribution in [3.63, 3.8) is 0 Å². The van der Waals surface area contributed by atoms with Crippen LogP contribution in [0.3, 0.4) is 0 Å². The molecule has 0 aliphatic heterocycles. The number of halogens is 1. The van der Waals surface area contributed by atoms with Crippen LogP contribution < -0.4 is 5.32 Å². The molecule has 0 unspecified atom stereocenters. The molecule has 0 saturated heterocycles. The summed E-state index contributed by atoms with van der Waals surface area (Å²) >= 11 is 7.56. The van der Waals surface area contributed by atoms with Crippen LogP contribution in [0.1, 0.15) is 24.7 Å². The quantitative estimate of drug-likeness (QED) is 0.705. The number of hydrogen-bond donors (Lipinski definition) is 2. The summed E-state index contributed by atoms with van der Waals surface area (Å²) in [7, 11) is 0. The Hall–Kier alpha value is -1.73. The minimum atomic E-state index is 0.198. The van der Waals surface area contributed by atoms with E-state index in [1.165, 1.54) is 0 Å². The van der Waals surface area contributed by atoms with Gasteiger partial charge >= 0.3 is 0 Å². The fourth-order valence-electron chi connectivity index (χ4n) is 2.03. The smallest absolute Gasteiger partial charge is 0.226 e. The fourth-order valence-corrected chi connectivity index (χ4v) is 2.75. The van der Waals surface area contributed by atoms with Crippen LogP contribution in [0.5, 0.6) is 0 Å². The van der Waals surface area contributed by atoms with E-state index in [4.69, 9.17) is 11.6 Å². The van der Waals surface area contributed by atoms with Crippen molar-refractivity contribution in [3.8, 4) is 0 Å². The first kappa shape index (κ1) is 14.2. The molecule has 3 rings (SSSR count). The van der Waals surface area contributed by atoms with Crippen molar-refractivity contribution in [1.29, 1.82) is 0 Å². The van der Waals surface area contributed by atoms with Crippen LogP contribution in [0.2, 0.25) is 5.28 Å². The zero-order chi connectivity index (χ0) is 14.8. The molecule has 21 heavy (non-hydrogen) atoms. The first-order chi connectivity index (χ1) is 10.1. The van der Waals surface area contributed by atoms with Crippen LogP contribution in [0, 0.1) is 5.92 Å². The van der Waals surface area contributed by atoms with E-state index in [1.807, 2.05) is 5.38 Å². The highest BCUT2D eigenvalue weighted by Crippen LogP contribution is 2.22. The third kappa shape index (κ3) is 3.30. The number of rotatable bonds is 5. The normalized spacial score (nSPS) is 11.4. The van der Waals surface area contributed by atoms with E-state index in [2.05, 4.69) is 44.1 Å². The van der Waals surface area contributed by atoms with E-state index in [0.29, 0.717) is 29.4 Å². The highest BCUT2D eigenvalue weighted by Gasteiger charge is 2.13. The summed E-state index contributed by atoms with van der Waals surface area (Å²) in [5.41, 5.74) is 1.37. The van der Waals surface area contributed by atoms with Crippen molar-refractivity contribution in [1.82, 2.24) is 24.9 Å². The van der Waals surface area contributed by atoms with Gasteiger partial charge < -0.3 is 10.3 Å². The maximum atomic E-state index is 5.98. The number of H-pyrrole nitrogens is 1. The minimum absolute atomic E-state index is 0.198. The molecule has 110 valence electrons. The largest absolute Gasteiger partial charge is 0.362 e. The number of imidazole rings is 1. The lowest BCUT2D eigenvalue weighted by Gasteiger charge is -2.03. The molecule has 3 aromatic heterocycles. The second-order valence-electron chi connectivity index (χ2n) is 5.10. The van der Waals surface area contributed by atoms with Crippen LogP contribution in [0.4, 0.5) is 5.82 Å². The molecule has 0 atom stereocenters. The highest BCUT2D eigenvalue weighted by atomic mass is 35.5. The van der Waals surface area contributed by atoms with Crippen LogP contribution >= 0.6 is 22.9 Å². The maximum Gasteiger partial charge on any atom is 0.226 e. The molecule has 2 N–H and O–H groups in total. The SMILES string of the molecule is CC(C)Cc1nc2c(NCc3nccs3)nc(Cl)nc2[nH]1. The Balaban J connectivity index is 1.90. The molecule has 6 nitrogen and oxygen atoms in total. The molecule has 0 fully saturated rings. The molecule has 0 bridgehead atoms. The lowest BCUT2D eigenvalue weighted by Crippen LogP contribution is -2.03. The molecule has 0 aliphatic rings. The van der Waals surface area contributed by atoms with Crippen molar-refractivity contribution in [2.45, 2.75) is 26.8 Å². The van der Waals surface area contributed by atoms with Gasteiger partial charge in [-0.1, -0.05) is 13.8 Å². The van der Waals surface area contributed by atoms with E-state index < -0.39 is 0 Å². The van der Waals surface area contributed by atoms with Gasteiger partial charge in [0.1, 0.15) is 10.8 Å². The van der Waals surface area contributed by atoms with Crippen LogP contribution in [0.15, 0.2) is 11.6 Å². The molecule has 8 heteroatoms. The average molecular weight is 323 g/mol. The average Bonchev–Trinajstić information content (AvgIpc) is 3.03. The third-order valence-corrected chi connectivity index (χ3v) is 3.81. The Morgan fingerprint density at radius 3 is 2.90 bits per heavy atom. The molecule has 3 heterocycles. The molecule has 3 aromatic rings. The summed E-state index contributed by atoms with van der Waals surface area (Å²) in [6.07, 6.45) is 2.64. The molecule has 0 amide bonds. The van der Waals surface area contributed by atoms with E-state index in [-0.39, 0.29) is 5.28 Å². The molecule has 0 aromatic carbocycles. The lowest BCUT2D eigenvalue weighted by molar-refractivity contribution is 0.627. The number of fused-ring (bicyclic) bond motifs is 1. The first-order valence-electron chi connectivity index (χ1n) is 6.66. The maximum absolute atomic E-state index is 5.98. The summed E-state index contributed by atoms with van der Waals surface area (Å²) in [5.74, 6) is 2.04. The van der Waals surface area contributed by atoms with Gasteiger partial charge in [-0.3, -0.25) is 0 Å². The van der Waals surface area contributed by atoms with Gasteiger partial charge in [0.2, 0.25) is 5.28 Å². The van der Waals surface area contributed by atoms with E-state index in [1.54, 1.807) is 17.5 Å². The second kappa shape index (κ2) is 5.95. The molecule has 0 aliphatic carbocycles. The third-order valence-electron chi connectivity index (χ3n) is 2.86. The zero-order valence-corrected chi connectivity index (χ0v) is 13.3. The van der Waals surface area contributed by atoms with Gasteiger partial charge in [0, 0.05) is 18.0 Å². The van der Waals surface area contributed by atoms with Gasteiger partial charge in [-0.05, 0) is 17.5 Å². The molecular formula is C13H15ClN6S.